The molecule has 1 N–H and O–H groups in total. The molecule has 1 aromatic heterocycles. The maximum Gasteiger partial charge on any atom is 0.273 e. The molecule has 0 radical (unpaired) electrons. The lowest BCUT2D eigenvalue weighted by Crippen LogP contribution is -2.23. The second-order valence-electron chi connectivity index (χ2n) is 5.71. The molecule has 6 heteroatoms. The van der Waals surface area contributed by atoms with Gasteiger partial charge in [0.15, 0.2) is 5.69 Å². The third kappa shape index (κ3) is 3.81. The number of hydrogen-bond donors (Lipinski definition) is 1. The minimum atomic E-state index is -0.273. The smallest absolute Gasteiger partial charge is 0.273 e. The highest BCUT2D eigenvalue weighted by atomic mass is 35.5. The summed E-state index contributed by atoms with van der Waals surface area (Å²) in [5, 5.41) is 11.5. The van der Waals surface area contributed by atoms with Gasteiger partial charge in [-0.1, -0.05) is 35.0 Å². The first kappa shape index (κ1) is 16.2. The molecule has 24 heavy (non-hydrogen) atoms. The summed E-state index contributed by atoms with van der Waals surface area (Å²) in [4.78, 5) is 12.2. The van der Waals surface area contributed by atoms with Crippen LogP contribution in [-0.4, -0.2) is 20.9 Å². The van der Waals surface area contributed by atoms with Crippen LogP contribution in [0.15, 0.2) is 48.7 Å². The van der Waals surface area contributed by atoms with Crippen LogP contribution in [0.5, 0.6) is 0 Å². The van der Waals surface area contributed by atoms with Crippen LogP contribution in [0.4, 0.5) is 0 Å². The topological polar surface area (TPSA) is 59.8 Å². The van der Waals surface area contributed by atoms with Crippen molar-refractivity contribution >= 4 is 17.5 Å². The molecule has 0 aliphatic rings. The Labute approximate surface area is 145 Å². The van der Waals surface area contributed by atoms with E-state index in [2.05, 4.69) is 21.7 Å². The standard InChI is InChI=1S/C18H17ClN4O/c1-12-6-13(2)8-16(7-12)23-11-17(21-22-23)18(24)20-10-14-4-3-5-15(19)9-14/h3-9,11H,10H2,1-2H3,(H,20,24). The number of aryl methyl sites for hydroxylation is 2. The molecule has 3 aromatic rings. The summed E-state index contributed by atoms with van der Waals surface area (Å²) in [6, 6.07) is 13.4. The van der Waals surface area contributed by atoms with Crippen molar-refractivity contribution in [3.63, 3.8) is 0 Å². The molecular formula is C18H17ClN4O. The maximum absolute atomic E-state index is 12.2. The van der Waals surface area contributed by atoms with E-state index >= 15 is 0 Å². The van der Waals surface area contributed by atoms with Gasteiger partial charge in [0.2, 0.25) is 0 Å². The van der Waals surface area contributed by atoms with Crippen LogP contribution < -0.4 is 5.32 Å². The number of nitrogens with zero attached hydrogens (tertiary/aromatic N) is 3. The van der Waals surface area contributed by atoms with Gasteiger partial charge >= 0.3 is 0 Å². The molecule has 5 nitrogen and oxygen atoms in total. The lowest BCUT2D eigenvalue weighted by molar-refractivity contribution is 0.0946. The number of carbonyl (C=O) groups is 1. The zero-order valence-electron chi connectivity index (χ0n) is 13.5. The molecule has 0 atom stereocenters. The van der Waals surface area contributed by atoms with Crippen molar-refractivity contribution < 1.29 is 4.79 Å². The number of benzene rings is 2. The van der Waals surface area contributed by atoms with Crippen molar-refractivity contribution in [1.82, 2.24) is 20.3 Å². The predicted octanol–water partition coefficient (Wildman–Crippen LogP) is 3.47. The van der Waals surface area contributed by atoms with E-state index in [1.165, 1.54) is 0 Å². The Bertz CT molecular complexity index is 868. The number of carbonyl (C=O) groups excluding carboxylic acids is 1. The van der Waals surface area contributed by atoms with Crippen molar-refractivity contribution in [1.29, 1.82) is 0 Å². The first-order valence-electron chi connectivity index (χ1n) is 7.55. The van der Waals surface area contributed by atoms with Crippen molar-refractivity contribution in [2.24, 2.45) is 0 Å². The van der Waals surface area contributed by atoms with Gasteiger partial charge in [0.1, 0.15) is 0 Å². The normalized spacial score (nSPS) is 10.6. The molecule has 1 amide bonds. The molecule has 0 aliphatic carbocycles. The van der Waals surface area contributed by atoms with Gasteiger partial charge in [0.05, 0.1) is 11.9 Å². The molecule has 0 saturated heterocycles. The van der Waals surface area contributed by atoms with Crippen LogP contribution in [-0.2, 0) is 6.54 Å². The van der Waals surface area contributed by atoms with E-state index in [9.17, 15) is 4.79 Å². The molecule has 122 valence electrons. The fourth-order valence-electron chi connectivity index (χ4n) is 2.50. The largest absolute Gasteiger partial charge is 0.347 e. The second kappa shape index (κ2) is 6.84. The second-order valence-corrected chi connectivity index (χ2v) is 6.14. The highest BCUT2D eigenvalue weighted by molar-refractivity contribution is 6.30. The third-order valence-electron chi connectivity index (χ3n) is 3.54. The zero-order chi connectivity index (χ0) is 17.1. The van der Waals surface area contributed by atoms with E-state index in [1.807, 2.05) is 44.2 Å². The maximum atomic E-state index is 12.2. The van der Waals surface area contributed by atoms with Gasteiger partial charge in [-0.25, -0.2) is 4.68 Å². The van der Waals surface area contributed by atoms with Crippen LogP contribution in [0.1, 0.15) is 27.2 Å². The Balaban J connectivity index is 1.71. The number of amides is 1. The lowest BCUT2D eigenvalue weighted by Gasteiger charge is -2.04. The Morgan fingerprint density at radius 1 is 1.17 bits per heavy atom. The zero-order valence-corrected chi connectivity index (χ0v) is 14.2. The molecular weight excluding hydrogens is 324 g/mol. The number of rotatable bonds is 4. The van der Waals surface area contributed by atoms with Crippen LogP contribution in [0.2, 0.25) is 5.02 Å². The molecule has 3 rings (SSSR count). The van der Waals surface area contributed by atoms with Crippen molar-refractivity contribution in [2.75, 3.05) is 0 Å². The summed E-state index contributed by atoms with van der Waals surface area (Å²) in [6.07, 6.45) is 1.63. The first-order chi connectivity index (χ1) is 11.5. The third-order valence-corrected chi connectivity index (χ3v) is 3.77. The Morgan fingerprint density at radius 2 is 1.92 bits per heavy atom. The molecule has 1 heterocycles. The molecule has 0 bridgehead atoms. The number of aromatic nitrogens is 3. The van der Waals surface area contributed by atoms with Gasteiger partial charge in [0, 0.05) is 11.6 Å². The predicted molar refractivity (Wildman–Crippen MR) is 93.5 cm³/mol. The monoisotopic (exact) mass is 340 g/mol. The number of halogens is 1. The molecule has 2 aromatic carbocycles. The Hall–Kier alpha value is -2.66. The molecule has 0 unspecified atom stereocenters. The quantitative estimate of drug-likeness (QED) is 0.791. The Kier molecular flexibility index (Phi) is 4.62. The molecule has 0 aliphatic heterocycles. The van der Waals surface area contributed by atoms with E-state index < -0.39 is 0 Å². The minimum absolute atomic E-state index is 0.273. The van der Waals surface area contributed by atoms with E-state index in [0.29, 0.717) is 11.6 Å². The van der Waals surface area contributed by atoms with Gasteiger partial charge in [-0.15, -0.1) is 5.10 Å². The average Bonchev–Trinajstić information content (AvgIpc) is 3.02. The fraction of sp³-hybridized carbons (Fsp3) is 0.167. The van der Waals surface area contributed by atoms with Crippen LogP contribution in [0.3, 0.4) is 0 Å². The van der Waals surface area contributed by atoms with E-state index in [0.717, 1.165) is 22.4 Å². The molecule has 0 spiro atoms. The fourth-order valence-corrected chi connectivity index (χ4v) is 2.71. The van der Waals surface area contributed by atoms with Crippen molar-refractivity contribution in [3.8, 4) is 5.69 Å². The molecule has 0 fully saturated rings. The summed E-state index contributed by atoms with van der Waals surface area (Å²) < 4.78 is 1.61. The van der Waals surface area contributed by atoms with Gasteiger partial charge < -0.3 is 5.32 Å². The summed E-state index contributed by atoms with van der Waals surface area (Å²) in [5.41, 5.74) is 4.35. The molecule has 0 saturated carbocycles. The Morgan fingerprint density at radius 3 is 2.62 bits per heavy atom. The van der Waals surface area contributed by atoms with E-state index in [1.54, 1.807) is 16.9 Å². The van der Waals surface area contributed by atoms with Gasteiger partial charge in [-0.3, -0.25) is 4.79 Å². The van der Waals surface area contributed by atoms with Crippen LogP contribution in [0, 0.1) is 13.8 Å². The summed E-state index contributed by atoms with van der Waals surface area (Å²) in [6.45, 7) is 4.42. The van der Waals surface area contributed by atoms with Gasteiger partial charge in [0.25, 0.3) is 5.91 Å². The van der Waals surface area contributed by atoms with E-state index in [-0.39, 0.29) is 11.6 Å². The summed E-state index contributed by atoms with van der Waals surface area (Å²) >= 11 is 5.94. The SMILES string of the molecule is Cc1cc(C)cc(-n2cc(C(=O)NCc3cccc(Cl)c3)nn2)c1. The van der Waals surface area contributed by atoms with Gasteiger partial charge in [-0.05, 0) is 54.8 Å². The number of nitrogens with one attached hydrogen (secondary N) is 1. The minimum Gasteiger partial charge on any atom is -0.347 e. The average molecular weight is 341 g/mol. The summed E-state index contributed by atoms with van der Waals surface area (Å²) in [5.74, 6) is -0.273. The highest BCUT2D eigenvalue weighted by Crippen LogP contribution is 2.13. The lowest BCUT2D eigenvalue weighted by atomic mass is 10.1. The first-order valence-corrected chi connectivity index (χ1v) is 7.93. The summed E-state index contributed by atoms with van der Waals surface area (Å²) in [7, 11) is 0. The van der Waals surface area contributed by atoms with Crippen LogP contribution >= 0.6 is 11.6 Å². The van der Waals surface area contributed by atoms with E-state index in [4.69, 9.17) is 11.6 Å². The van der Waals surface area contributed by atoms with Crippen molar-refractivity contribution in [3.05, 3.63) is 76.1 Å². The van der Waals surface area contributed by atoms with Crippen molar-refractivity contribution in [2.45, 2.75) is 20.4 Å². The van der Waals surface area contributed by atoms with Gasteiger partial charge in [-0.2, -0.15) is 0 Å². The van der Waals surface area contributed by atoms with Crippen LogP contribution in [0.25, 0.3) is 5.69 Å². The number of hydrogen-bond acceptors (Lipinski definition) is 3. The highest BCUT2D eigenvalue weighted by Gasteiger charge is 2.11.